The van der Waals surface area contributed by atoms with E-state index in [1.165, 1.54) is 0 Å². The van der Waals surface area contributed by atoms with Gasteiger partial charge >= 0.3 is 0 Å². The van der Waals surface area contributed by atoms with Crippen LogP contribution in [0.25, 0.3) is 0 Å². The van der Waals surface area contributed by atoms with Crippen molar-refractivity contribution in [3.8, 4) is 17.2 Å². The van der Waals surface area contributed by atoms with Crippen LogP contribution in [-0.2, 0) is 4.79 Å². The van der Waals surface area contributed by atoms with E-state index in [0.29, 0.717) is 31.1 Å². The SMILES string of the molecule is CCOc1cc2c(cc1OCC)[C@@H](c1ccc(O[C@@H](C)CC)cc1)CC(=O)N2. The summed E-state index contributed by atoms with van der Waals surface area (Å²) in [6.45, 7) is 9.12. The van der Waals surface area contributed by atoms with Crippen LogP contribution >= 0.6 is 0 Å². The molecule has 5 nitrogen and oxygen atoms in total. The van der Waals surface area contributed by atoms with Gasteiger partial charge < -0.3 is 19.5 Å². The van der Waals surface area contributed by atoms with Crippen molar-refractivity contribution in [3.05, 3.63) is 47.5 Å². The van der Waals surface area contributed by atoms with Gasteiger partial charge in [-0.3, -0.25) is 4.79 Å². The third kappa shape index (κ3) is 4.41. The van der Waals surface area contributed by atoms with Gasteiger partial charge in [-0.25, -0.2) is 0 Å². The first kappa shape index (κ1) is 20.1. The van der Waals surface area contributed by atoms with E-state index in [1.807, 2.05) is 50.2 Å². The Labute approximate surface area is 167 Å². The Hall–Kier alpha value is -2.69. The molecule has 28 heavy (non-hydrogen) atoms. The molecule has 2 aromatic rings. The molecule has 1 N–H and O–H groups in total. The smallest absolute Gasteiger partial charge is 0.225 e. The van der Waals surface area contributed by atoms with E-state index < -0.39 is 0 Å². The Bertz CT molecular complexity index is 816. The van der Waals surface area contributed by atoms with Gasteiger partial charge in [0.25, 0.3) is 0 Å². The zero-order valence-corrected chi connectivity index (χ0v) is 17.1. The summed E-state index contributed by atoms with van der Waals surface area (Å²) in [6.07, 6.45) is 1.54. The second kappa shape index (κ2) is 9.00. The first-order chi connectivity index (χ1) is 13.5. The number of nitrogens with one attached hydrogen (secondary N) is 1. The molecule has 0 spiro atoms. The molecule has 0 saturated carbocycles. The molecule has 0 bridgehead atoms. The third-order valence-electron chi connectivity index (χ3n) is 4.95. The van der Waals surface area contributed by atoms with E-state index in [4.69, 9.17) is 14.2 Å². The van der Waals surface area contributed by atoms with Crippen LogP contribution in [0.15, 0.2) is 36.4 Å². The van der Waals surface area contributed by atoms with Crippen LogP contribution in [0.4, 0.5) is 5.69 Å². The lowest BCUT2D eigenvalue weighted by atomic mass is 9.84. The van der Waals surface area contributed by atoms with Crippen molar-refractivity contribution >= 4 is 11.6 Å². The van der Waals surface area contributed by atoms with Gasteiger partial charge in [-0.2, -0.15) is 0 Å². The van der Waals surface area contributed by atoms with Crippen LogP contribution in [0, 0.1) is 0 Å². The molecule has 0 aromatic heterocycles. The fraction of sp³-hybridized carbons (Fsp3) is 0.435. The summed E-state index contributed by atoms with van der Waals surface area (Å²) in [5.41, 5.74) is 2.91. The van der Waals surface area contributed by atoms with Gasteiger partial charge in [-0.1, -0.05) is 19.1 Å². The monoisotopic (exact) mass is 383 g/mol. The minimum atomic E-state index is -0.0312. The molecule has 0 aliphatic carbocycles. The van der Waals surface area contributed by atoms with Crippen molar-refractivity contribution < 1.29 is 19.0 Å². The van der Waals surface area contributed by atoms with Crippen LogP contribution in [0.1, 0.15) is 57.6 Å². The normalized spacial score (nSPS) is 16.7. The first-order valence-electron chi connectivity index (χ1n) is 10.1. The van der Waals surface area contributed by atoms with Crippen molar-refractivity contribution in [2.24, 2.45) is 0 Å². The second-order valence-electron chi connectivity index (χ2n) is 6.96. The number of hydrogen-bond acceptors (Lipinski definition) is 4. The maximum Gasteiger partial charge on any atom is 0.225 e. The average molecular weight is 383 g/mol. The van der Waals surface area contributed by atoms with Crippen LogP contribution in [0.3, 0.4) is 0 Å². The maximum absolute atomic E-state index is 12.3. The largest absolute Gasteiger partial charge is 0.491 e. The second-order valence-corrected chi connectivity index (χ2v) is 6.96. The zero-order chi connectivity index (χ0) is 20.1. The molecule has 1 heterocycles. The highest BCUT2D eigenvalue weighted by molar-refractivity contribution is 5.96. The Morgan fingerprint density at radius 2 is 1.68 bits per heavy atom. The number of rotatable bonds is 8. The highest BCUT2D eigenvalue weighted by Crippen LogP contribution is 2.43. The van der Waals surface area contributed by atoms with E-state index >= 15 is 0 Å². The summed E-state index contributed by atoms with van der Waals surface area (Å²) in [5.74, 6) is 2.18. The third-order valence-corrected chi connectivity index (χ3v) is 4.95. The number of hydrogen-bond donors (Lipinski definition) is 1. The summed E-state index contributed by atoms with van der Waals surface area (Å²) in [4.78, 5) is 12.3. The first-order valence-corrected chi connectivity index (χ1v) is 10.1. The molecule has 0 radical (unpaired) electrons. The predicted octanol–water partition coefficient (Wildman–Crippen LogP) is 5.14. The number of carbonyl (C=O) groups is 1. The molecule has 0 saturated heterocycles. The van der Waals surface area contributed by atoms with Gasteiger partial charge in [-0.05, 0) is 56.5 Å². The Kier molecular flexibility index (Phi) is 6.45. The van der Waals surface area contributed by atoms with E-state index in [9.17, 15) is 4.79 Å². The lowest BCUT2D eigenvalue weighted by molar-refractivity contribution is -0.116. The molecule has 1 aliphatic heterocycles. The molecule has 0 fully saturated rings. The molecule has 2 aromatic carbocycles. The van der Waals surface area contributed by atoms with E-state index in [2.05, 4.69) is 19.2 Å². The summed E-state index contributed by atoms with van der Waals surface area (Å²) >= 11 is 0. The van der Waals surface area contributed by atoms with Crippen LogP contribution in [0.5, 0.6) is 17.2 Å². The molecule has 5 heteroatoms. The molecule has 3 rings (SSSR count). The standard InChI is InChI=1S/C23H29NO4/c1-5-15(4)28-17-10-8-16(9-11-17)18-13-23(25)24-20-14-22(27-7-3)21(26-6-2)12-19(18)20/h8-12,14-15,18H,5-7,13H2,1-4H3,(H,24,25)/t15-,18+/m0/s1. The van der Waals surface area contributed by atoms with Crippen molar-refractivity contribution in [2.45, 2.75) is 52.6 Å². The van der Waals surface area contributed by atoms with E-state index in [-0.39, 0.29) is 17.9 Å². The number of carbonyl (C=O) groups excluding carboxylic acids is 1. The van der Waals surface area contributed by atoms with Gasteiger partial charge in [0.2, 0.25) is 5.91 Å². The summed E-state index contributed by atoms with van der Waals surface area (Å²) in [7, 11) is 0. The van der Waals surface area contributed by atoms with Gasteiger partial charge in [0, 0.05) is 24.1 Å². The quantitative estimate of drug-likeness (QED) is 0.686. The summed E-state index contributed by atoms with van der Waals surface area (Å²) in [6, 6.07) is 11.9. The summed E-state index contributed by atoms with van der Waals surface area (Å²) in [5, 5.41) is 2.97. The van der Waals surface area contributed by atoms with Gasteiger partial charge in [0.1, 0.15) is 5.75 Å². The fourth-order valence-corrected chi connectivity index (χ4v) is 3.40. The zero-order valence-electron chi connectivity index (χ0n) is 17.1. The Morgan fingerprint density at radius 1 is 1.04 bits per heavy atom. The maximum atomic E-state index is 12.3. The van der Waals surface area contributed by atoms with Crippen LogP contribution in [0.2, 0.25) is 0 Å². The molecular weight excluding hydrogens is 354 g/mol. The topological polar surface area (TPSA) is 56.8 Å². The lowest BCUT2D eigenvalue weighted by Gasteiger charge is -2.28. The van der Waals surface area contributed by atoms with E-state index in [1.54, 1.807) is 0 Å². The van der Waals surface area contributed by atoms with Gasteiger partial charge in [0.15, 0.2) is 11.5 Å². The predicted molar refractivity (Wildman–Crippen MR) is 111 cm³/mol. The van der Waals surface area contributed by atoms with Crippen molar-refractivity contribution in [2.75, 3.05) is 18.5 Å². The molecular formula is C23H29NO4. The fourth-order valence-electron chi connectivity index (χ4n) is 3.40. The number of ether oxygens (including phenoxy) is 3. The highest BCUT2D eigenvalue weighted by atomic mass is 16.5. The van der Waals surface area contributed by atoms with Gasteiger partial charge in [-0.15, -0.1) is 0 Å². The Morgan fingerprint density at radius 3 is 2.29 bits per heavy atom. The lowest BCUT2D eigenvalue weighted by Crippen LogP contribution is -2.23. The number of benzene rings is 2. The molecule has 0 unspecified atom stereocenters. The number of anilines is 1. The molecule has 1 aliphatic rings. The van der Waals surface area contributed by atoms with Crippen molar-refractivity contribution in [3.63, 3.8) is 0 Å². The number of fused-ring (bicyclic) bond motifs is 1. The molecule has 150 valence electrons. The minimum absolute atomic E-state index is 0.00374. The minimum Gasteiger partial charge on any atom is -0.491 e. The Balaban J connectivity index is 1.95. The van der Waals surface area contributed by atoms with E-state index in [0.717, 1.165) is 29.0 Å². The summed E-state index contributed by atoms with van der Waals surface area (Å²) < 4.78 is 17.4. The van der Waals surface area contributed by atoms with Gasteiger partial charge in [0.05, 0.1) is 19.3 Å². The van der Waals surface area contributed by atoms with Crippen LogP contribution < -0.4 is 19.5 Å². The van der Waals surface area contributed by atoms with Crippen molar-refractivity contribution in [1.29, 1.82) is 0 Å². The average Bonchev–Trinajstić information content (AvgIpc) is 2.69. The number of amides is 1. The van der Waals surface area contributed by atoms with Crippen molar-refractivity contribution in [1.82, 2.24) is 0 Å². The molecule has 1 amide bonds. The highest BCUT2D eigenvalue weighted by Gasteiger charge is 2.28. The van der Waals surface area contributed by atoms with Crippen LogP contribution in [-0.4, -0.2) is 25.2 Å². The molecule has 2 atom stereocenters.